The van der Waals surface area contributed by atoms with E-state index in [1.54, 1.807) is 6.08 Å². The smallest absolute Gasteiger partial charge is 0.249 e. The van der Waals surface area contributed by atoms with Crippen LogP contribution in [0.15, 0.2) is 66.1 Å². The van der Waals surface area contributed by atoms with Gasteiger partial charge in [0, 0.05) is 6.08 Å². The number of hydrogen-bond acceptors (Lipinski definition) is 4. The molecule has 0 aliphatic rings. The van der Waals surface area contributed by atoms with Crippen molar-refractivity contribution in [1.82, 2.24) is 0 Å². The third-order valence-corrected chi connectivity index (χ3v) is 5.40. The number of ether oxygens (including phenoxy) is 1. The van der Waals surface area contributed by atoms with E-state index >= 15 is 0 Å². The first-order valence-corrected chi connectivity index (χ1v) is 10.5. The maximum absolute atomic E-state index is 12.3. The molecule has 3 rings (SSSR count). The highest BCUT2D eigenvalue weighted by atomic mass is 32.1. The van der Waals surface area contributed by atoms with Crippen molar-refractivity contribution in [3.8, 4) is 11.8 Å². The molecule has 0 saturated carbocycles. The van der Waals surface area contributed by atoms with Gasteiger partial charge in [-0.2, -0.15) is 5.26 Å². The van der Waals surface area contributed by atoms with Gasteiger partial charge in [0.1, 0.15) is 23.4 Å². The summed E-state index contributed by atoms with van der Waals surface area (Å²) in [5.41, 5.74) is 3.33. The Morgan fingerprint density at radius 1 is 1.13 bits per heavy atom. The molecule has 30 heavy (non-hydrogen) atoms. The summed E-state index contributed by atoms with van der Waals surface area (Å²) in [6.07, 6.45) is 3.21. The Balaban J connectivity index is 1.59. The van der Waals surface area contributed by atoms with Crippen molar-refractivity contribution in [2.45, 2.75) is 32.8 Å². The van der Waals surface area contributed by atoms with Crippen LogP contribution < -0.4 is 10.1 Å². The molecular weight excluding hydrogens is 392 g/mol. The van der Waals surface area contributed by atoms with Gasteiger partial charge in [-0.25, -0.2) is 0 Å². The zero-order valence-corrected chi connectivity index (χ0v) is 18.1. The van der Waals surface area contributed by atoms with Crippen LogP contribution in [-0.2, 0) is 16.8 Å². The van der Waals surface area contributed by atoms with Crippen molar-refractivity contribution in [2.24, 2.45) is 0 Å². The first-order valence-electron chi connectivity index (χ1n) is 9.65. The molecule has 152 valence electrons. The van der Waals surface area contributed by atoms with E-state index in [1.807, 2.05) is 60.0 Å². The lowest BCUT2D eigenvalue weighted by molar-refractivity contribution is -0.111. The van der Waals surface area contributed by atoms with Crippen LogP contribution in [0.4, 0.5) is 5.00 Å². The molecule has 0 aliphatic heterocycles. The number of anilines is 1. The Morgan fingerprint density at radius 3 is 2.47 bits per heavy atom. The van der Waals surface area contributed by atoms with Gasteiger partial charge in [-0.15, -0.1) is 11.3 Å². The number of nitrogens with zero attached hydrogens (tertiary/aromatic N) is 1. The van der Waals surface area contributed by atoms with E-state index in [0.29, 0.717) is 17.2 Å². The lowest BCUT2D eigenvalue weighted by atomic mass is 9.86. The molecule has 1 N–H and O–H groups in total. The fourth-order valence-electron chi connectivity index (χ4n) is 2.85. The standard InChI is InChI=1S/C25H24N2O2S/c1-25(2,3)22-17-30-24(21(22)15-26)27-23(28)14-11-18-9-12-20(13-10-18)29-16-19-7-5-4-6-8-19/h4-14,17H,16H2,1-3H3,(H,27,28)/b14-11+. The zero-order chi connectivity index (χ0) is 21.6. The normalized spacial score (nSPS) is 11.3. The molecule has 4 nitrogen and oxygen atoms in total. The second-order valence-electron chi connectivity index (χ2n) is 7.88. The van der Waals surface area contributed by atoms with E-state index in [9.17, 15) is 10.1 Å². The van der Waals surface area contributed by atoms with Gasteiger partial charge in [-0.3, -0.25) is 4.79 Å². The highest BCUT2D eigenvalue weighted by Gasteiger charge is 2.22. The van der Waals surface area contributed by atoms with Crippen molar-refractivity contribution in [3.05, 3.63) is 88.3 Å². The van der Waals surface area contributed by atoms with Crippen molar-refractivity contribution in [1.29, 1.82) is 5.26 Å². The van der Waals surface area contributed by atoms with Crippen LogP contribution in [0.5, 0.6) is 5.75 Å². The Kier molecular flexibility index (Phi) is 6.71. The van der Waals surface area contributed by atoms with Gasteiger partial charge in [0.15, 0.2) is 0 Å². The van der Waals surface area contributed by atoms with E-state index in [-0.39, 0.29) is 11.3 Å². The molecule has 0 saturated heterocycles. The number of benzene rings is 2. The van der Waals surface area contributed by atoms with E-state index < -0.39 is 0 Å². The maximum Gasteiger partial charge on any atom is 0.249 e. The Bertz CT molecular complexity index is 1070. The first kappa shape index (κ1) is 21.4. The lowest BCUT2D eigenvalue weighted by Crippen LogP contribution is -2.13. The summed E-state index contributed by atoms with van der Waals surface area (Å²) in [5, 5.41) is 14.8. The molecule has 0 fully saturated rings. The highest BCUT2D eigenvalue weighted by Crippen LogP contribution is 2.35. The van der Waals surface area contributed by atoms with Crippen LogP contribution in [-0.4, -0.2) is 5.91 Å². The molecule has 0 spiro atoms. The summed E-state index contributed by atoms with van der Waals surface area (Å²) in [4.78, 5) is 12.3. The molecular formula is C25H24N2O2S. The minimum Gasteiger partial charge on any atom is -0.489 e. The summed E-state index contributed by atoms with van der Waals surface area (Å²) >= 11 is 1.38. The Morgan fingerprint density at radius 2 is 1.83 bits per heavy atom. The van der Waals surface area contributed by atoms with E-state index in [0.717, 1.165) is 22.4 Å². The van der Waals surface area contributed by atoms with Crippen LogP contribution in [0.1, 0.15) is 43.0 Å². The molecule has 1 heterocycles. The van der Waals surface area contributed by atoms with Crippen LogP contribution in [0.25, 0.3) is 6.08 Å². The quantitative estimate of drug-likeness (QED) is 0.490. The summed E-state index contributed by atoms with van der Waals surface area (Å²) < 4.78 is 5.77. The van der Waals surface area contributed by atoms with Crippen molar-refractivity contribution in [3.63, 3.8) is 0 Å². The molecule has 0 bridgehead atoms. The maximum atomic E-state index is 12.3. The Labute approximate surface area is 181 Å². The largest absolute Gasteiger partial charge is 0.489 e. The predicted molar refractivity (Wildman–Crippen MR) is 123 cm³/mol. The predicted octanol–water partition coefficient (Wildman–Crippen LogP) is 6.15. The molecule has 0 radical (unpaired) electrons. The molecule has 1 amide bonds. The van der Waals surface area contributed by atoms with Gasteiger partial charge in [0.25, 0.3) is 0 Å². The van der Waals surface area contributed by atoms with Crippen molar-refractivity contribution in [2.75, 3.05) is 5.32 Å². The minimum absolute atomic E-state index is 0.148. The number of amides is 1. The third-order valence-electron chi connectivity index (χ3n) is 4.50. The second kappa shape index (κ2) is 9.43. The number of carbonyl (C=O) groups excluding carboxylic acids is 1. The van der Waals surface area contributed by atoms with Crippen molar-refractivity contribution >= 4 is 28.3 Å². The number of nitriles is 1. The molecule has 0 unspecified atom stereocenters. The van der Waals surface area contributed by atoms with E-state index in [2.05, 4.69) is 32.2 Å². The average Bonchev–Trinajstić information content (AvgIpc) is 3.15. The summed E-state index contributed by atoms with van der Waals surface area (Å²) in [7, 11) is 0. The Hall–Kier alpha value is -3.36. The van der Waals surface area contributed by atoms with Crippen LogP contribution in [0.3, 0.4) is 0 Å². The number of thiophene rings is 1. The molecule has 1 aromatic heterocycles. The average molecular weight is 417 g/mol. The summed E-state index contributed by atoms with van der Waals surface area (Å²) in [6, 6.07) is 19.7. The van der Waals surface area contributed by atoms with Gasteiger partial charge in [0.2, 0.25) is 5.91 Å². The van der Waals surface area contributed by atoms with Gasteiger partial charge in [-0.1, -0.05) is 63.2 Å². The number of hydrogen-bond donors (Lipinski definition) is 1. The van der Waals surface area contributed by atoms with Crippen LogP contribution in [0.2, 0.25) is 0 Å². The van der Waals surface area contributed by atoms with Gasteiger partial charge in [0.05, 0.1) is 5.56 Å². The summed E-state index contributed by atoms with van der Waals surface area (Å²) in [6.45, 7) is 6.66. The fourth-order valence-corrected chi connectivity index (χ4v) is 3.99. The molecule has 3 aromatic rings. The lowest BCUT2D eigenvalue weighted by Gasteiger charge is -2.17. The minimum atomic E-state index is -0.266. The van der Waals surface area contributed by atoms with Gasteiger partial charge >= 0.3 is 0 Å². The number of nitrogens with one attached hydrogen (secondary N) is 1. The van der Waals surface area contributed by atoms with Gasteiger partial charge in [-0.05, 0) is 45.7 Å². The number of carbonyl (C=O) groups is 1. The fraction of sp³-hybridized carbons (Fsp3) is 0.200. The molecule has 0 atom stereocenters. The van der Waals surface area contributed by atoms with Gasteiger partial charge < -0.3 is 10.1 Å². The van der Waals surface area contributed by atoms with Crippen molar-refractivity contribution < 1.29 is 9.53 Å². The van der Waals surface area contributed by atoms with E-state index in [1.165, 1.54) is 17.4 Å². The number of rotatable bonds is 6. The zero-order valence-electron chi connectivity index (χ0n) is 17.3. The SMILES string of the molecule is CC(C)(C)c1csc(NC(=O)/C=C/c2ccc(OCc3ccccc3)cc2)c1C#N. The first-order chi connectivity index (χ1) is 14.4. The second-order valence-corrected chi connectivity index (χ2v) is 8.76. The van der Waals surface area contributed by atoms with E-state index in [4.69, 9.17) is 4.74 Å². The monoisotopic (exact) mass is 416 g/mol. The summed E-state index contributed by atoms with van der Waals surface area (Å²) in [5.74, 6) is 0.505. The molecule has 5 heteroatoms. The molecule has 2 aromatic carbocycles. The highest BCUT2D eigenvalue weighted by molar-refractivity contribution is 7.14. The third kappa shape index (κ3) is 5.59. The van der Waals surface area contributed by atoms with Crippen LogP contribution in [0, 0.1) is 11.3 Å². The van der Waals surface area contributed by atoms with Crippen LogP contribution >= 0.6 is 11.3 Å². The topological polar surface area (TPSA) is 62.1 Å². The molecule has 0 aliphatic carbocycles.